The summed E-state index contributed by atoms with van der Waals surface area (Å²) in [6, 6.07) is 13.0. The van der Waals surface area contributed by atoms with Crippen LogP contribution in [-0.2, 0) is 11.3 Å². The number of ketones is 1. The van der Waals surface area contributed by atoms with E-state index in [4.69, 9.17) is 0 Å². The van der Waals surface area contributed by atoms with E-state index in [1.54, 1.807) is 0 Å². The first-order valence-corrected chi connectivity index (χ1v) is 6.26. The Morgan fingerprint density at radius 2 is 1.76 bits per heavy atom. The minimum absolute atomic E-state index is 0.144. The van der Waals surface area contributed by atoms with Crippen molar-refractivity contribution in [1.82, 2.24) is 0 Å². The predicted octanol–water partition coefficient (Wildman–Crippen LogP) is 2.32. The van der Waals surface area contributed by atoms with Gasteiger partial charge in [0.05, 0.1) is 22.7 Å². The van der Waals surface area contributed by atoms with E-state index in [0.29, 0.717) is 5.69 Å². The van der Waals surface area contributed by atoms with Gasteiger partial charge in [-0.2, -0.15) is 0 Å². The molecular formula is C15H10N2O4. The molecule has 6 nitrogen and oxygen atoms in total. The van der Waals surface area contributed by atoms with Crippen molar-refractivity contribution in [1.29, 1.82) is 0 Å². The molecule has 0 unspecified atom stereocenters. The molecule has 2 aromatic carbocycles. The zero-order valence-electron chi connectivity index (χ0n) is 10.9. The molecule has 1 heterocycles. The van der Waals surface area contributed by atoms with Crippen molar-refractivity contribution in [3.05, 3.63) is 69.8 Å². The van der Waals surface area contributed by atoms with Crippen LogP contribution < -0.4 is 4.90 Å². The molecule has 1 amide bonds. The summed E-state index contributed by atoms with van der Waals surface area (Å²) in [6.07, 6.45) is 0. The standard InChI is InChI=1S/C15H10N2O4/c18-14-12-7-6-11(17(20)21)8-13(12)16(15(14)19)9-10-4-2-1-3-5-10/h1-8H,9H2. The second-order valence-electron chi connectivity index (χ2n) is 4.66. The number of hydrogen-bond acceptors (Lipinski definition) is 4. The van der Waals surface area contributed by atoms with Crippen molar-refractivity contribution < 1.29 is 14.5 Å². The number of fused-ring (bicyclic) bond motifs is 1. The second kappa shape index (κ2) is 4.82. The Balaban J connectivity index is 2.03. The molecule has 21 heavy (non-hydrogen) atoms. The number of nitro groups is 1. The van der Waals surface area contributed by atoms with Crippen LogP contribution in [0.1, 0.15) is 15.9 Å². The number of Topliss-reactive ketones (excluding diaryl/α,β-unsaturated/α-hetero) is 1. The number of carbonyl (C=O) groups excluding carboxylic acids is 2. The smallest absolute Gasteiger partial charge is 0.299 e. The maximum Gasteiger partial charge on any atom is 0.299 e. The molecule has 0 bridgehead atoms. The molecular weight excluding hydrogens is 272 g/mol. The minimum atomic E-state index is -0.658. The van der Waals surface area contributed by atoms with E-state index in [0.717, 1.165) is 5.56 Å². The van der Waals surface area contributed by atoms with Crippen LogP contribution in [0.4, 0.5) is 11.4 Å². The molecule has 1 aliphatic heterocycles. The van der Waals surface area contributed by atoms with Gasteiger partial charge in [0.15, 0.2) is 0 Å². The molecule has 1 aliphatic rings. The van der Waals surface area contributed by atoms with E-state index in [1.807, 2.05) is 30.3 Å². The predicted molar refractivity (Wildman–Crippen MR) is 75.1 cm³/mol. The third-order valence-electron chi connectivity index (χ3n) is 3.35. The van der Waals surface area contributed by atoms with Crippen LogP contribution >= 0.6 is 0 Å². The van der Waals surface area contributed by atoms with Gasteiger partial charge in [-0.25, -0.2) is 0 Å². The van der Waals surface area contributed by atoms with Gasteiger partial charge in [0.25, 0.3) is 17.4 Å². The number of hydrogen-bond donors (Lipinski definition) is 0. The maximum absolute atomic E-state index is 12.1. The number of non-ortho nitro benzene ring substituents is 1. The zero-order valence-corrected chi connectivity index (χ0v) is 10.9. The summed E-state index contributed by atoms with van der Waals surface area (Å²) in [5.74, 6) is -1.29. The number of carbonyl (C=O) groups is 2. The van der Waals surface area contributed by atoms with Gasteiger partial charge in [-0.3, -0.25) is 19.7 Å². The van der Waals surface area contributed by atoms with Crippen molar-refractivity contribution in [2.24, 2.45) is 0 Å². The third-order valence-corrected chi connectivity index (χ3v) is 3.35. The van der Waals surface area contributed by atoms with E-state index in [-0.39, 0.29) is 17.8 Å². The summed E-state index contributed by atoms with van der Waals surface area (Å²) >= 11 is 0. The number of amides is 1. The molecule has 0 spiro atoms. The van der Waals surface area contributed by atoms with Crippen LogP contribution in [-0.4, -0.2) is 16.6 Å². The Morgan fingerprint density at radius 1 is 1.05 bits per heavy atom. The van der Waals surface area contributed by atoms with E-state index in [1.165, 1.54) is 23.1 Å². The van der Waals surface area contributed by atoms with Crippen molar-refractivity contribution >= 4 is 23.1 Å². The van der Waals surface area contributed by atoms with Gasteiger partial charge in [-0.05, 0) is 11.6 Å². The summed E-state index contributed by atoms with van der Waals surface area (Å²) < 4.78 is 0. The van der Waals surface area contributed by atoms with Gasteiger partial charge >= 0.3 is 0 Å². The fraction of sp³-hybridized carbons (Fsp3) is 0.0667. The first kappa shape index (κ1) is 13.0. The van der Waals surface area contributed by atoms with Crippen LogP contribution in [0.2, 0.25) is 0 Å². The van der Waals surface area contributed by atoms with E-state index >= 15 is 0 Å². The summed E-state index contributed by atoms with van der Waals surface area (Å²) in [6.45, 7) is 0.208. The number of nitrogens with zero attached hydrogens (tertiary/aromatic N) is 2. The number of nitro benzene ring substituents is 1. The summed E-state index contributed by atoms with van der Waals surface area (Å²) in [7, 11) is 0. The Kier molecular flexibility index (Phi) is 2.98. The number of anilines is 1. The van der Waals surface area contributed by atoms with Gasteiger partial charge in [0.2, 0.25) is 0 Å². The molecule has 0 saturated carbocycles. The second-order valence-corrected chi connectivity index (χ2v) is 4.66. The lowest BCUT2D eigenvalue weighted by molar-refractivity contribution is -0.384. The average Bonchev–Trinajstić information content (AvgIpc) is 2.73. The summed E-state index contributed by atoms with van der Waals surface area (Å²) in [5.41, 5.74) is 1.21. The van der Waals surface area contributed by atoms with Crippen molar-refractivity contribution in [3.8, 4) is 0 Å². The molecule has 6 heteroatoms. The number of rotatable bonds is 3. The molecule has 0 fully saturated rings. The fourth-order valence-corrected chi connectivity index (χ4v) is 2.32. The van der Waals surface area contributed by atoms with Gasteiger partial charge in [-0.1, -0.05) is 30.3 Å². The molecule has 2 aromatic rings. The SMILES string of the molecule is O=C1C(=O)N(Cc2ccccc2)c2cc([N+](=O)[O-])ccc21. The lowest BCUT2D eigenvalue weighted by Crippen LogP contribution is -2.29. The number of benzene rings is 2. The first-order chi connectivity index (χ1) is 10.1. The quantitative estimate of drug-likeness (QED) is 0.491. The Bertz CT molecular complexity index is 756. The van der Waals surface area contributed by atoms with Crippen LogP contribution in [0.3, 0.4) is 0 Å². The Labute approximate surface area is 119 Å². The lowest BCUT2D eigenvalue weighted by Gasteiger charge is -2.16. The molecule has 104 valence electrons. The average molecular weight is 282 g/mol. The van der Waals surface area contributed by atoms with Crippen LogP contribution in [0.25, 0.3) is 0 Å². The zero-order chi connectivity index (χ0) is 15.0. The van der Waals surface area contributed by atoms with Crippen molar-refractivity contribution in [2.75, 3.05) is 4.90 Å². The van der Waals surface area contributed by atoms with Crippen molar-refractivity contribution in [3.63, 3.8) is 0 Å². The van der Waals surface area contributed by atoms with E-state index < -0.39 is 16.6 Å². The molecule has 0 aromatic heterocycles. The third kappa shape index (κ3) is 2.16. The minimum Gasteiger partial charge on any atom is -0.300 e. The van der Waals surface area contributed by atoms with E-state index in [9.17, 15) is 19.7 Å². The highest BCUT2D eigenvalue weighted by atomic mass is 16.6. The van der Waals surface area contributed by atoms with Crippen LogP contribution in [0.15, 0.2) is 48.5 Å². The van der Waals surface area contributed by atoms with Gasteiger partial charge in [-0.15, -0.1) is 0 Å². The topological polar surface area (TPSA) is 80.5 Å². The summed E-state index contributed by atoms with van der Waals surface area (Å²) in [5, 5.41) is 10.8. The molecule has 0 atom stereocenters. The lowest BCUT2D eigenvalue weighted by atomic mass is 10.1. The fourth-order valence-electron chi connectivity index (χ4n) is 2.32. The highest BCUT2D eigenvalue weighted by Crippen LogP contribution is 2.33. The largest absolute Gasteiger partial charge is 0.300 e. The van der Waals surface area contributed by atoms with Gasteiger partial charge in [0.1, 0.15) is 0 Å². The molecule has 3 rings (SSSR count). The Hall–Kier alpha value is -3.02. The van der Waals surface area contributed by atoms with Crippen LogP contribution in [0, 0.1) is 10.1 Å². The highest BCUT2D eigenvalue weighted by Gasteiger charge is 2.36. The molecule has 0 N–H and O–H groups in total. The highest BCUT2D eigenvalue weighted by molar-refractivity contribution is 6.52. The summed E-state index contributed by atoms with van der Waals surface area (Å²) in [4.78, 5) is 35.5. The van der Waals surface area contributed by atoms with Gasteiger partial charge in [0, 0.05) is 12.1 Å². The van der Waals surface area contributed by atoms with Gasteiger partial charge < -0.3 is 4.90 Å². The van der Waals surface area contributed by atoms with Crippen molar-refractivity contribution in [2.45, 2.75) is 6.54 Å². The normalized spacial score (nSPS) is 13.4. The van der Waals surface area contributed by atoms with E-state index in [2.05, 4.69) is 0 Å². The first-order valence-electron chi connectivity index (χ1n) is 6.26. The monoisotopic (exact) mass is 282 g/mol. The van der Waals surface area contributed by atoms with Crippen LogP contribution in [0.5, 0.6) is 0 Å². The Morgan fingerprint density at radius 3 is 2.43 bits per heavy atom. The maximum atomic E-state index is 12.1. The molecule has 0 saturated heterocycles. The molecule has 0 radical (unpaired) electrons. The molecule has 0 aliphatic carbocycles.